The Hall–Kier alpha value is -3.39. The molecule has 0 aliphatic carbocycles. The maximum atomic E-state index is 13.0. The molecular weight excluding hydrogens is 390 g/mol. The maximum Gasteiger partial charge on any atom is 0.409 e. The molecule has 3 amide bonds. The normalized spacial score (nSPS) is 13.1. The summed E-state index contributed by atoms with van der Waals surface area (Å²) in [6.07, 6.45) is 0.0506. The second-order valence-corrected chi connectivity index (χ2v) is 7.80. The van der Waals surface area contributed by atoms with Gasteiger partial charge in [-0.3, -0.25) is 9.59 Å². The molecule has 2 aromatic carbocycles. The first-order chi connectivity index (χ1) is 14.0. The minimum absolute atomic E-state index is 0.312. The molecule has 0 radical (unpaired) electrons. The van der Waals surface area contributed by atoms with Gasteiger partial charge in [-0.05, 0) is 28.8 Å². The Morgan fingerprint density at radius 1 is 1.14 bits per heavy atom. The van der Waals surface area contributed by atoms with Gasteiger partial charge in [-0.25, -0.2) is 4.79 Å². The van der Waals surface area contributed by atoms with Gasteiger partial charge in [0.2, 0.25) is 0 Å². The number of hydrogen-bond acceptors (Lipinski definition) is 5. The van der Waals surface area contributed by atoms with E-state index in [0.29, 0.717) is 35.6 Å². The van der Waals surface area contributed by atoms with Crippen molar-refractivity contribution in [2.45, 2.75) is 13.0 Å². The lowest BCUT2D eigenvalue weighted by molar-refractivity contribution is 0.0999. The number of nitrogens with two attached hydrogens (primary N) is 1. The highest BCUT2D eigenvalue weighted by atomic mass is 32.1. The molecule has 4 rings (SSSR count). The highest BCUT2D eigenvalue weighted by Gasteiger charge is 2.30. The first-order valence-electron chi connectivity index (χ1n) is 9.06. The van der Waals surface area contributed by atoms with Crippen LogP contribution in [0.25, 0.3) is 10.8 Å². The lowest BCUT2D eigenvalue weighted by Gasteiger charge is -2.25. The number of primary amides is 1. The zero-order chi connectivity index (χ0) is 20.5. The van der Waals surface area contributed by atoms with Gasteiger partial charge in [0.25, 0.3) is 11.8 Å². The Morgan fingerprint density at radius 3 is 2.66 bits per heavy atom. The first kappa shape index (κ1) is 18.9. The largest absolute Gasteiger partial charge is 0.453 e. The summed E-state index contributed by atoms with van der Waals surface area (Å²) in [5.41, 5.74) is 7.24. The van der Waals surface area contributed by atoms with Crippen molar-refractivity contribution in [3.63, 3.8) is 0 Å². The monoisotopic (exact) mass is 409 g/mol. The van der Waals surface area contributed by atoms with E-state index in [-0.39, 0.29) is 5.91 Å². The molecule has 7 nitrogen and oxygen atoms in total. The number of fused-ring (bicyclic) bond motifs is 2. The molecule has 3 aromatic rings. The topological polar surface area (TPSA) is 102 Å². The molecule has 0 bridgehead atoms. The predicted octanol–water partition coefficient (Wildman–Crippen LogP) is 3.38. The number of anilines is 1. The van der Waals surface area contributed by atoms with E-state index in [2.05, 4.69) is 5.32 Å². The molecule has 1 aromatic heterocycles. The van der Waals surface area contributed by atoms with Crippen molar-refractivity contribution in [3.8, 4) is 0 Å². The van der Waals surface area contributed by atoms with Crippen LogP contribution in [-0.4, -0.2) is 36.5 Å². The van der Waals surface area contributed by atoms with Crippen LogP contribution >= 0.6 is 11.3 Å². The number of carbonyl (C=O) groups is 3. The molecule has 29 heavy (non-hydrogen) atoms. The van der Waals surface area contributed by atoms with Gasteiger partial charge in [0.15, 0.2) is 0 Å². The van der Waals surface area contributed by atoms with Crippen LogP contribution in [-0.2, 0) is 17.7 Å². The molecule has 0 atom stereocenters. The number of ether oxygens (including phenoxy) is 1. The second kappa shape index (κ2) is 7.56. The number of amides is 3. The summed E-state index contributed by atoms with van der Waals surface area (Å²) in [6, 6.07) is 13.1. The summed E-state index contributed by atoms with van der Waals surface area (Å²) in [5, 5.41) is 5.05. The van der Waals surface area contributed by atoms with Crippen LogP contribution in [0, 0.1) is 0 Å². The van der Waals surface area contributed by atoms with Crippen molar-refractivity contribution in [1.29, 1.82) is 0 Å². The molecule has 8 heteroatoms. The van der Waals surface area contributed by atoms with Gasteiger partial charge in [0.05, 0.1) is 19.2 Å². The van der Waals surface area contributed by atoms with E-state index >= 15 is 0 Å². The minimum Gasteiger partial charge on any atom is -0.453 e. The quantitative estimate of drug-likeness (QED) is 0.692. The first-order valence-corrected chi connectivity index (χ1v) is 9.87. The van der Waals surface area contributed by atoms with E-state index in [1.54, 1.807) is 11.0 Å². The second-order valence-electron chi connectivity index (χ2n) is 6.69. The third-order valence-corrected chi connectivity index (χ3v) is 6.13. The zero-order valence-corrected chi connectivity index (χ0v) is 16.5. The third kappa shape index (κ3) is 3.42. The Kier molecular flexibility index (Phi) is 4.94. The van der Waals surface area contributed by atoms with Crippen LogP contribution in [0.4, 0.5) is 9.80 Å². The lowest BCUT2D eigenvalue weighted by Crippen LogP contribution is -2.35. The number of methoxy groups -OCH3 is 1. The van der Waals surface area contributed by atoms with Gasteiger partial charge in [-0.15, -0.1) is 11.3 Å². The fourth-order valence-corrected chi connectivity index (χ4v) is 4.89. The molecule has 148 valence electrons. The van der Waals surface area contributed by atoms with Gasteiger partial charge in [-0.2, -0.15) is 0 Å². The van der Waals surface area contributed by atoms with Crippen LogP contribution in [0.5, 0.6) is 0 Å². The van der Waals surface area contributed by atoms with Crippen molar-refractivity contribution in [2.75, 3.05) is 19.0 Å². The number of hydrogen-bond donors (Lipinski definition) is 2. The number of rotatable bonds is 3. The van der Waals surface area contributed by atoms with Crippen molar-refractivity contribution < 1.29 is 19.1 Å². The Bertz CT molecular complexity index is 1130. The molecule has 0 fully saturated rings. The molecule has 1 aliphatic rings. The van der Waals surface area contributed by atoms with Gasteiger partial charge in [0.1, 0.15) is 5.00 Å². The summed E-state index contributed by atoms with van der Waals surface area (Å²) in [5.74, 6) is -0.907. The maximum absolute atomic E-state index is 13.0. The van der Waals surface area contributed by atoms with Crippen LogP contribution in [0.3, 0.4) is 0 Å². The molecule has 2 heterocycles. The molecule has 0 saturated carbocycles. The molecule has 0 spiro atoms. The SMILES string of the molecule is COC(=O)N1CCc2c(sc(NC(=O)c3cccc4ccccc34)c2C(N)=O)C1. The molecule has 1 aliphatic heterocycles. The fourth-order valence-electron chi connectivity index (χ4n) is 3.63. The van der Waals surface area contributed by atoms with Crippen molar-refractivity contribution in [3.05, 3.63) is 64.0 Å². The average molecular weight is 409 g/mol. The Morgan fingerprint density at radius 2 is 1.90 bits per heavy atom. The van der Waals surface area contributed by atoms with E-state index < -0.39 is 12.0 Å². The summed E-state index contributed by atoms with van der Waals surface area (Å²) in [4.78, 5) is 39.3. The van der Waals surface area contributed by atoms with E-state index in [1.165, 1.54) is 18.4 Å². The van der Waals surface area contributed by atoms with Crippen molar-refractivity contribution in [2.24, 2.45) is 5.73 Å². The number of thiophene rings is 1. The third-order valence-electron chi connectivity index (χ3n) is 5.00. The van der Waals surface area contributed by atoms with E-state index in [9.17, 15) is 14.4 Å². The lowest BCUT2D eigenvalue weighted by atomic mass is 10.0. The van der Waals surface area contributed by atoms with Gasteiger partial charge < -0.3 is 20.7 Å². The average Bonchev–Trinajstić information content (AvgIpc) is 3.09. The molecule has 3 N–H and O–H groups in total. The summed E-state index contributed by atoms with van der Waals surface area (Å²) in [6.45, 7) is 0.741. The zero-order valence-electron chi connectivity index (χ0n) is 15.7. The van der Waals surface area contributed by atoms with Gasteiger partial charge >= 0.3 is 6.09 Å². The van der Waals surface area contributed by atoms with Gasteiger partial charge in [0, 0.05) is 17.0 Å². The number of benzene rings is 2. The highest BCUT2D eigenvalue weighted by Crippen LogP contribution is 2.37. The summed E-state index contributed by atoms with van der Waals surface area (Å²) in [7, 11) is 1.33. The molecule has 0 unspecified atom stereocenters. The standard InChI is InChI=1S/C21H19N3O4S/c1-28-21(27)24-10-9-15-16(11-24)29-20(17(15)18(22)25)23-19(26)14-8-4-6-12-5-2-3-7-13(12)14/h2-8H,9-11H2,1H3,(H2,22,25)(H,23,26). The smallest absolute Gasteiger partial charge is 0.409 e. The van der Waals surface area contributed by atoms with Crippen LogP contribution in [0.15, 0.2) is 42.5 Å². The number of nitrogens with one attached hydrogen (secondary N) is 1. The predicted molar refractivity (Wildman–Crippen MR) is 111 cm³/mol. The number of carbonyl (C=O) groups excluding carboxylic acids is 3. The minimum atomic E-state index is -0.595. The Labute approximate surface area is 171 Å². The van der Waals surface area contributed by atoms with Crippen LogP contribution in [0.1, 0.15) is 31.2 Å². The van der Waals surface area contributed by atoms with E-state index in [1.807, 2.05) is 36.4 Å². The van der Waals surface area contributed by atoms with E-state index in [4.69, 9.17) is 10.5 Å². The molecule has 0 saturated heterocycles. The fraction of sp³-hybridized carbons (Fsp3) is 0.190. The van der Waals surface area contributed by atoms with E-state index in [0.717, 1.165) is 21.2 Å². The van der Waals surface area contributed by atoms with Crippen molar-refractivity contribution >= 4 is 45.0 Å². The Balaban J connectivity index is 1.69. The summed E-state index contributed by atoms with van der Waals surface area (Å²) >= 11 is 1.27. The van der Waals surface area contributed by atoms with Crippen molar-refractivity contribution in [1.82, 2.24) is 4.90 Å². The van der Waals surface area contributed by atoms with Crippen LogP contribution < -0.4 is 11.1 Å². The van der Waals surface area contributed by atoms with Gasteiger partial charge in [-0.1, -0.05) is 36.4 Å². The number of nitrogens with zero attached hydrogens (tertiary/aromatic N) is 1. The highest BCUT2D eigenvalue weighted by molar-refractivity contribution is 7.17. The molecular formula is C21H19N3O4S. The van der Waals surface area contributed by atoms with Crippen LogP contribution in [0.2, 0.25) is 0 Å². The summed E-state index contributed by atoms with van der Waals surface area (Å²) < 4.78 is 4.78.